The second-order valence-electron chi connectivity index (χ2n) is 2.56. The van der Waals surface area contributed by atoms with Crippen LogP contribution in [0.3, 0.4) is 0 Å². The maximum absolute atomic E-state index is 11.0. The van der Waals surface area contributed by atoms with E-state index < -0.39 is 0 Å². The second kappa shape index (κ2) is 7.75. The van der Waals surface area contributed by atoms with Gasteiger partial charge in [0.15, 0.2) is 0 Å². The van der Waals surface area contributed by atoms with Gasteiger partial charge in [0.2, 0.25) is 0 Å². The molecule has 0 spiro atoms. The Morgan fingerprint density at radius 2 is 2.00 bits per heavy atom. The Balaban J connectivity index is 0.000000500. The molecule has 78 valence electrons. The lowest BCUT2D eigenvalue weighted by atomic mass is 10.1. The van der Waals surface area contributed by atoms with Crippen molar-refractivity contribution in [1.82, 2.24) is 5.43 Å². The second-order valence-corrected chi connectivity index (χ2v) is 4.08. The molecule has 3 nitrogen and oxygen atoms in total. The number of hydrazine groups is 1. The van der Waals surface area contributed by atoms with E-state index in [1.54, 1.807) is 12.1 Å². The van der Waals surface area contributed by atoms with Crippen LogP contribution in [0.5, 0.6) is 0 Å². The number of hydrogen-bond acceptors (Lipinski definition) is 2. The number of amides is 1. The third-order valence-corrected chi connectivity index (χ3v) is 1.52. The smallest absolute Gasteiger partial charge is 0.265 e. The van der Waals surface area contributed by atoms with Crippen molar-refractivity contribution in [1.29, 1.82) is 0 Å². The van der Waals surface area contributed by atoms with Gasteiger partial charge >= 0.3 is 0 Å². The summed E-state index contributed by atoms with van der Waals surface area (Å²) in [6.45, 7) is 3.98. The third-order valence-electron chi connectivity index (χ3n) is 1.52. The Hall–Kier alpha value is -0.620. The molecule has 0 atom stereocenters. The molecule has 1 aromatic carbocycles. The molecule has 1 rings (SSSR count). The Labute approximate surface area is 98.2 Å². The predicted octanol–water partition coefficient (Wildman–Crippen LogP) is 2.04. The molecule has 0 aromatic heterocycles. The number of benzene rings is 1. The first-order valence-corrected chi connectivity index (χ1v) is 5.82. The summed E-state index contributed by atoms with van der Waals surface area (Å²) in [5, 5.41) is 0. The minimum Gasteiger partial charge on any atom is -0.290 e. The molecule has 0 aliphatic heterocycles. The van der Waals surface area contributed by atoms with Crippen LogP contribution in [-0.4, -0.2) is 10.3 Å². The van der Waals surface area contributed by atoms with Crippen molar-refractivity contribution in [2.24, 2.45) is 5.84 Å². The van der Waals surface area contributed by atoms with E-state index in [4.69, 9.17) is 5.84 Å². The number of nitrogens with one attached hydrogen (secondary N) is 1. The van der Waals surface area contributed by atoms with Crippen molar-refractivity contribution in [3.63, 3.8) is 0 Å². The first kappa shape index (κ1) is 13.4. The highest BCUT2D eigenvalue weighted by atomic mass is 127. The molecule has 1 aromatic rings. The van der Waals surface area contributed by atoms with Crippen LogP contribution in [0.4, 0.5) is 0 Å². The highest BCUT2D eigenvalue weighted by Crippen LogP contribution is 2.05. The molecular formula is C10H15IN2O. The van der Waals surface area contributed by atoms with Crippen molar-refractivity contribution in [3.05, 3.63) is 35.4 Å². The summed E-state index contributed by atoms with van der Waals surface area (Å²) in [7, 11) is 0. The van der Waals surface area contributed by atoms with Crippen LogP contribution < -0.4 is 11.3 Å². The summed E-state index contributed by atoms with van der Waals surface area (Å²) in [5.74, 6) is 4.73. The van der Waals surface area contributed by atoms with Gasteiger partial charge in [0.25, 0.3) is 5.91 Å². The minimum atomic E-state index is -0.247. The largest absolute Gasteiger partial charge is 0.290 e. The molecule has 0 fully saturated rings. The Morgan fingerprint density at radius 3 is 2.43 bits per heavy atom. The minimum absolute atomic E-state index is 0.247. The van der Waals surface area contributed by atoms with Crippen molar-refractivity contribution in [2.75, 3.05) is 4.43 Å². The topological polar surface area (TPSA) is 55.1 Å². The van der Waals surface area contributed by atoms with Crippen LogP contribution in [0, 0.1) is 6.92 Å². The molecule has 0 unspecified atom stereocenters. The van der Waals surface area contributed by atoms with E-state index >= 15 is 0 Å². The molecule has 0 saturated carbocycles. The van der Waals surface area contributed by atoms with Crippen LogP contribution in [-0.2, 0) is 0 Å². The molecule has 0 radical (unpaired) electrons. The van der Waals surface area contributed by atoms with Crippen LogP contribution in [0.15, 0.2) is 24.3 Å². The monoisotopic (exact) mass is 306 g/mol. The van der Waals surface area contributed by atoms with Crippen molar-refractivity contribution < 1.29 is 4.79 Å². The lowest BCUT2D eigenvalue weighted by Crippen LogP contribution is -2.30. The molecule has 3 N–H and O–H groups in total. The zero-order chi connectivity index (χ0) is 11.0. The zero-order valence-corrected chi connectivity index (χ0v) is 10.5. The molecule has 0 saturated heterocycles. The van der Waals surface area contributed by atoms with Crippen molar-refractivity contribution >= 4 is 28.5 Å². The SMILES string of the molecule is CCI.Cc1ccccc1C(=O)NN. The molecule has 0 aliphatic rings. The van der Waals surface area contributed by atoms with Gasteiger partial charge in [-0.3, -0.25) is 10.2 Å². The van der Waals surface area contributed by atoms with E-state index in [1.165, 1.54) is 4.43 Å². The molecule has 0 aliphatic carbocycles. The average Bonchev–Trinajstić information content (AvgIpc) is 2.19. The fourth-order valence-corrected chi connectivity index (χ4v) is 0.905. The lowest BCUT2D eigenvalue weighted by molar-refractivity contribution is 0.0953. The van der Waals surface area contributed by atoms with Gasteiger partial charge in [-0.15, -0.1) is 0 Å². The van der Waals surface area contributed by atoms with Gasteiger partial charge in [0.1, 0.15) is 0 Å². The summed E-state index contributed by atoms with van der Waals surface area (Å²) in [6, 6.07) is 7.28. The number of aryl methyl sites for hydroxylation is 1. The van der Waals surface area contributed by atoms with Crippen LogP contribution >= 0.6 is 22.6 Å². The number of halogens is 1. The highest BCUT2D eigenvalue weighted by Gasteiger charge is 2.04. The van der Waals surface area contributed by atoms with E-state index in [-0.39, 0.29) is 5.91 Å². The van der Waals surface area contributed by atoms with Gasteiger partial charge in [0.05, 0.1) is 0 Å². The van der Waals surface area contributed by atoms with E-state index in [9.17, 15) is 4.79 Å². The maximum atomic E-state index is 11.0. The lowest BCUT2D eigenvalue weighted by Gasteiger charge is -2.01. The van der Waals surface area contributed by atoms with Gasteiger partial charge in [-0.2, -0.15) is 0 Å². The third kappa shape index (κ3) is 4.57. The Morgan fingerprint density at radius 1 is 1.50 bits per heavy atom. The van der Waals surface area contributed by atoms with Crippen molar-refractivity contribution in [3.8, 4) is 0 Å². The maximum Gasteiger partial charge on any atom is 0.265 e. The van der Waals surface area contributed by atoms with Crippen LogP contribution in [0.2, 0.25) is 0 Å². The first-order chi connectivity index (χ1) is 6.67. The van der Waals surface area contributed by atoms with Gasteiger partial charge in [-0.25, -0.2) is 5.84 Å². The van der Waals surface area contributed by atoms with Crippen LogP contribution in [0.25, 0.3) is 0 Å². The standard InChI is InChI=1S/C8H10N2O.C2H5I/c1-6-4-2-3-5-7(6)8(11)10-9;1-2-3/h2-5H,9H2,1H3,(H,10,11);2H2,1H3. The summed E-state index contributed by atoms with van der Waals surface area (Å²) in [6.07, 6.45) is 0. The van der Waals surface area contributed by atoms with E-state index in [0.717, 1.165) is 5.56 Å². The van der Waals surface area contributed by atoms with Crippen molar-refractivity contribution in [2.45, 2.75) is 13.8 Å². The summed E-state index contributed by atoms with van der Waals surface area (Å²) in [4.78, 5) is 11.0. The van der Waals surface area contributed by atoms with Crippen LogP contribution in [0.1, 0.15) is 22.8 Å². The molecule has 4 heteroatoms. The number of hydrogen-bond donors (Lipinski definition) is 2. The predicted molar refractivity (Wildman–Crippen MR) is 67.4 cm³/mol. The van der Waals surface area contributed by atoms with E-state index in [2.05, 4.69) is 34.9 Å². The molecule has 14 heavy (non-hydrogen) atoms. The molecule has 0 heterocycles. The van der Waals surface area contributed by atoms with Gasteiger partial charge < -0.3 is 0 Å². The fraction of sp³-hybridized carbons (Fsp3) is 0.300. The number of nitrogen functional groups attached to an aromatic ring is 1. The Bertz CT molecular complexity index is 289. The fourth-order valence-electron chi connectivity index (χ4n) is 0.905. The molecule has 1 amide bonds. The molecular weight excluding hydrogens is 291 g/mol. The summed E-state index contributed by atoms with van der Waals surface area (Å²) < 4.78 is 1.22. The average molecular weight is 306 g/mol. The van der Waals surface area contributed by atoms with E-state index in [0.29, 0.717) is 5.56 Å². The highest BCUT2D eigenvalue weighted by molar-refractivity contribution is 14.1. The van der Waals surface area contributed by atoms with E-state index in [1.807, 2.05) is 19.1 Å². The quantitative estimate of drug-likeness (QED) is 0.274. The molecule has 0 bridgehead atoms. The normalized spacial score (nSPS) is 8.57. The number of rotatable bonds is 1. The number of nitrogens with two attached hydrogens (primary N) is 1. The summed E-state index contributed by atoms with van der Waals surface area (Å²) in [5.41, 5.74) is 3.63. The van der Waals surface area contributed by atoms with Gasteiger partial charge in [0, 0.05) is 5.56 Å². The Kier molecular flexibility index (Phi) is 7.41. The number of carbonyl (C=O) groups is 1. The number of carbonyl (C=O) groups excluding carboxylic acids is 1. The number of alkyl halides is 1. The zero-order valence-electron chi connectivity index (χ0n) is 8.38. The first-order valence-electron chi connectivity index (χ1n) is 4.29. The van der Waals surface area contributed by atoms with Gasteiger partial charge in [-0.05, 0) is 23.0 Å². The summed E-state index contributed by atoms with van der Waals surface area (Å²) >= 11 is 2.29. The van der Waals surface area contributed by atoms with Gasteiger partial charge in [-0.1, -0.05) is 47.7 Å².